The van der Waals surface area contributed by atoms with E-state index in [0.717, 1.165) is 5.39 Å². The molecule has 2 aromatic rings. The number of fused-ring (bicyclic) bond motifs is 1. The number of hydrogen-bond donors (Lipinski definition) is 2. The molecule has 0 unspecified atom stereocenters. The van der Waals surface area contributed by atoms with Crippen molar-refractivity contribution in [2.75, 3.05) is 6.54 Å². The van der Waals surface area contributed by atoms with Gasteiger partial charge < -0.3 is 14.8 Å². The Bertz CT molecular complexity index is 745. The Morgan fingerprint density at radius 2 is 2.14 bits per heavy atom. The van der Waals surface area contributed by atoms with Crippen LogP contribution >= 0.6 is 11.6 Å². The molecule has 1 heterocycles. The molecule has 110 valence electrons. The fraction of sp³-hybridized carbons (Fsp3) is 0.333. The summed E-state index contributed by atoms with van der Waals surface area (Å²) in [7, 11) is 0. The van der Waals surface area contributed by atoms with E-state index in [0.29, 0.717) is 29.0 Å². The summed E-state index contributed by atoms with van der Waals surface area (Å²) < 4.78 is 5.55. The van der Waals surface area contributed by atoms with Crippen LogP contribution in [0.3, 0.4) is 0 Å². The van der Waals surface area contributed by atoms with Crippen LogP contribution in [0.15, 0.2) is 22.6 Å². The summed E-state index contributed by atoms with van der Waals surface area (Å²) in [5.74, 6) is -1.10. The first-order valence-electron chi connectivity index (χ1n) is 6.64. The monoisotopic (exact) mass is 307 g/mol. The fourth-order valence-corrected chi connectivity index (χ4v) is 2.59. The zero-order chi connectivity index (χ0) is 15.2. The highest BCUT2D eigenvalue weighted by Crippen LogP contribution is 2.45. The first-order valence-corrected chi connectivity index (χ1v) is 7.02. The number of halogens is 1. The maximum atomic E-state index is 12.2. The van der Waals surface area contributed by atoms with Crippen LogP contribution in [0.5, 0.6) is 0 Å². The van der Waals surface area contributed by atoms with Gasteiger partial charge in [-0.3, -0.25) is 9.59 Å². The molecule has 1 aromatic carbocycles. The smallest absolute Gasteiger partial charge is 0.311 e. The van der Waals surface area contributed by atoms with E-state index in [-0.39, 0.29) is 12.3 Å². The molecule has 6 heteroatoms. The molecule has 2 N–H and O–H groups in total. The van der Waals surface area contributed by atoms with E-state index < -0.39 is 17.3 Å². The number of carboxylic acids is 1. The lowest BCUT2D eigenvalue weighted by atomic mass is 10.1. The fourth-order valence-electron chi connectivity index (χ4n) is 2.37. The van der Waals surface area contributed by atoms with Crippen LogP contribution in [0, 0.1) is 12.3 Å². The molecule has 1 aromatic heterocycles. The van der Waals surface area contributed by atoms with E-state index in [1.54, 1.807) is 19.1 Å². The number of benzene rings is 1. The second kappa shape index (κ2) is 4.77. The number of furan rings is 1. The van der Waals surface area contributed by atoms with Gasteiger partial charge in [0.15, 0.2) is 11.3 Å². The molecule has 1 saturated carbocycles. The summed E-state index contributed by atoms with van der Waals surface area (Å²) >= 11 is 6.05. The van der Waals surface area contributed by atoms with Gasteiger partial charge in [0.05, 0.1) is 10.4 Å². The Kier molecular flexibility index (Phi) is 3.17. The van der Waals surface area contributed by atoms with Crippen LogP contribution in [0.4, 0.5) is 0 Å². The number of para-hydroxylation sites is 1. The van der Waals surface area contributed by atoms with Gasteiger partial charge in [-0.05, 0) is 25.8 Å². The van der Waals surface area contributed by atoms with Gasteiger partial charge in [-0.1, -0.05) is 23.7 Å². The van der Waals surface area contributed by atoms with Crippen LogP contribution in [0.1, 0.15) is 29.0 Å². The van der Waals surface area contributed by atoms with E-state index in [9.17, 15) is 9.59 Å². The highest BCUT2D eigenvalue weighted by molar-refractivity contribution is 6.35. The van der Waals surface area contributed by atoms with Gasteiger partial charge in [-0.25, -0.2) is 0 Å². The molecule has 0 atom stereocenters. The highest BCUT2D eigenvalue weighted by atomic mass is 35.5. The summed E-state index contributed by atoms with van der Waals surface area (Å²) in [6.07, 6.45) is 1.18. The Hall–Kier alpha value is -2.01. The number of hydrogen-bond acceptors (Lipinski definition) is 3. The summed E-state index contributed by atoms with van der Waals surface area (Å²) in [4.78, 5) is 23.3. The van der Waals surface area contributed by atoms with Crippen molar-refractivity contribution in [1.82, 2.24) is 5.32 Å². The second-order valence-electron chi connectivity index (χ2n) is 5.44. The molecule has 21 heavy (non-hydrogen) atoms. The molecule has 1 aliphatic rings. The average molecular weight is 308 g/mol. The Morgan fingerprint density at radius 3 is 2.71 bits per heavy atom. The standard InChI is InChI=1S/C15H14ClNO4/c1-8-9-3-2-4-10(16)12(9)21-11(8)13(18)17-7-15(5-6-15)14(19)20/h2-4H,5-7H2,1H3,(H,17,18)(H,19,20). The van der Waals surface area contributed by atoms with E-state index in [1.165, 1.54) is 0 Å². The van der Waals surface area contributed by atoms with Crippen molar-refractivity contribution < 1.29 is 19.1 Å². The van der Waals surface area contributed by atoms with Gasteiger partial charge in [0.1, 0.15) is 0 Å². The Labute approximate surface area is 125 Å². The third kappa shape index (κ3) is 2.27. The molecular formula is C15H14ClNO4. The average Bonchev–Trinajstić information content (AvgIpc) is 3.17. The zero-order valence-corrected chi connectivity index (χ0v) is 12.2. The molecule has 1 aliphatic carbocycles. The number of carbonyl (C=O) groups excluding carboxylic acids is 1. The number of aryl methyl sites for hydroxylation is 1. The molecule has 1 fully saturated rings. The van der Waals surface area contributed by atoms with Gasteiger partial charge in [0, 0.05) is 17.5 Å². The lowest BCUT2D eigenvalue weighted by Gasteiger charge is -2.10. The molecule has 0 aliphatic heterocycles. The Balaban J connectivity index is 1.84. The second-order valence-corrected chi connectivity index (χ2v) is 5.85. The minimum absolute atomic E-state index is 0.116. The zero-order valence-electron chi connectivity index (χ0n) is 11.4. The third-order valence-corrected chi connectivity index (χ3v) is 4.31. The van der Waals surface area contributed by atoms with E-state index in [4.69, 9.17) is 21.1 Å². The first-order chi connectivity index (χ1) is 9.94. The minimum atomic E-state index is -0.868. The molecular weight excluding hydrogens is 294 g/mol. The summed E-state index contributed by atoms with van der Waals surface area (Å²) in [6.45, 7) is 1.90. The van der Waals surface area contributed by atoms with Crippen LogP contribution in [0.25, 0.3) is 11.0 Å². The summed E-state index contributed by atoms with van der Waals surface area (Å²) in [5, 5.41) is 13.0. The first kappa shape index (κ1) is 13.9. The molecule has 0 saturated heterocycles. The largest absolute Gasteiger partial charge is 0.481 e. The molecule has 0 radical (unpaired) electrons. The van der Waals surface area contributed by atoms with Gasteiger partial charge in [-0.2, -0.15) is 0 Å². The van der Waals surface area contributed by atoms with E-state index in [2.05, 4.69) is 5.32 Å². The molecule has 5 nitrogen and oxygen atoms in total. The maximum absolute atomic E-state index is 12.2. The number of aliphatic carboxylic acids is 1. The lowest BCUT2D eigenvalue weighted by molar-refractivity contribution is -0.143. The van der Waals surface area contributed by atoms with E-state index in [1.807, 2.05) is 6.07 Å². The van der Waals surface area contributed by atoms with Gasteiger partial charge in [0.2, 0.25) is 0 Å². The van der Waals surface area contributed by atoms with Crippen molar-refractivity contribution in [2.45, 2.75) is 19.8 Å². The third-order valence-electron chi connectivity index (χ3n) is 4.02. The van der Waals surface area contributed by atoms with Crippen LogP contribution in [-0.2, 0) is 4.79 Å². The van der Waals surface area contributed by atoms with Crippen molar-refractivity contribution in [3.8, 4) is 0 Å². The minimum Gasteiger partial charge on any atom is -0.481 e. The predicted molar refractivity (Wildman–Crippen MR) is 77.6 cm³/mol. The van der Waals surface area contributed by atoms with Crippen molar-refractivity contribution in [3.05, 3.63) is 34.5 Å². The number of amides is 1. The number of nitrogens with one attached hydrogen (secondary N) is 1. The topological polar surface area (TPSA) is 79.5 Å². The van der Waals surface area contributed by atoms with Gasteiger partial charge in [0.25, 0.3) is 5.91 Å². The van der Waals surface area contributed by atoms with Crippen molar-refractivity contribution >= 4 is 34.4 Å². The lowest BCUT2D eigenvalue weighted by Crippen LogP contribution is -2.34. The number of carboxylic acid groups (broad SMARTS) is 1. The highest BCUT2D eigenvalue weighted by Gasteiger charge is 2.50. The van der Waals surface area contributed by atoms with Crippen molar-refractivity contribution in [3.63, 3.8) is 0 Å². The molecule has 1 amide bonds. The normalized spacial score (nSPS) is 15.9. The molecule has 0 spiro atoms. The maximum Gasteiger partial charge on any atom is 0.311 e. The van der Waals surface area contributed by atoms with Crippen molar-refractivity contribution in [1.29, 1.82) is 0 Å². The number of rotatable bonds is 4. The number of carbonyl (C=O) groups is 2. The van der Waals surface area contributed by atoms with Gasteiger partial charge >= 0.3 is 5.97 Å². The molecule has 0 bridgehead atoms. The van der Waals surface area contributed by atoms with Crippen LogP contribution in [-0.4, -0.2) is 23.5 Å². The summed E-state index contributed by atoms with van der Waals surface area (Å²) in [5.41, 5.74) is 0.374. The quantitative estimate of drug-likeness (QED) is 0.910. The van der Waals surface area contributed by atoms with Crippen LogP contribution < -0.4 is 5.32 Å². The van der Waals surface area contributed by atoms with Crippen LogP contribution in [0.2, 0.25) is 5.02 Å². The SMILES string of the molecule is Cc1c(C(=O)NCC2(C(=O)O)CC2)oc2c(Cl)cccc12. The predicted octanol–water partition coefficient (Wildman–Crippen LogP) is 2.99. The molecule has 3 rings (SSSR count). The van der Waals surface area contributed by atoms with Gasteiger partial charge in [-0.15, -0.1) is 0 Å². The Morgan fingerprint density at radius 1 is 1.43 bits per heavy atom. The van der Waals surface area contributed by atoms with E-state index >= 15 is 0 Å². The van der Waals surface area contributed by atoms with Crippen molar-refractivity contribution in [2.24, 2.45) is 5.41 Å². The summed E-state index contributed by atoms with van der Waals surface area (Å²) in [6, 6.07) is 5.31.